The summed E-state index contributed by atoms with van der Waals surface area (Å²) in [5.41, 5.74) is 2.03. The number of benzene rings is 2. The van der Waals surface area contributed by atoms with E-state index in [1.54, 1.807) is 16.4 Å². The van der Waals surface area contributed by atoms with Crippen LogP contribution < -0.4 is 5.32 Å². The van der Waals surface area contributed by atoms with Gasteiger partial charge < -0.3 is 5.32 Å². The first-order valence-corrected chi connectivity index (χ1v) is 14.3. The van der Waals surface area contributed by atoms with Crippen LogP contribution in [-0.2, 0) is 14.8 Å². The van der Waals surface area contributed by atoms with E-state index in [0.29, 0.717) is 11.4 Å². The Morgan fingerprint density at radius 2 is 1.47 bits per heavy atom. The van der Waals surface area contributed by atoms with Crippen molar-refractivity contribution in [2.24, 2.45) is 17.8 Å². The lowest BCUT2D eigenvalue weighted by Crippen LogP contribution is -2.60. The smallest absolute Gasteiger partial charge is 0.243 e. The van der Waals surface area contributed by atoms with E-state index in [2.05, 4.69) is 5.32 Å². The first kappa shape index (κ1) is 22.3. The topological polar surface area (TPSA) is 66.5 Å². The van der Waals surface area contributed by atoms with Gasteiger partial charge >= 0.3 is 0 Å². The zero-order chi connectivity index (χ0) is 23.3. The Morgan fingerprint density at radius 3 is 2.09 bits per heavy atom. The molecule has 4 aliphatic carbocycles. The predicted octanol–water partition coefficient (Wildman–Crippen LogP) is 4.98. The van der Waals surface area contributed by atoms with E-state index in [4.69, 9.17) is 0 Å². The van der Waals surface area contributed by atoms with Crippen LogP contribution in [-0.4, -0.2) is 36.8 Å². The molecule has 2 aromatic rings. The largest absolute Gasteiger partial charge is 0.351 e. The Morgan fingerprint density at radius 1 is 0.882 bits per heavy atom. The van der Waals surface area contributed by atoms with Crippen molar-refractivity contribution < 1.29 is 13.2 Å². The van der Waals surface area contributed by atoms with Crippen LogP contribution in [0.25, 0.3) is 11.1 Å². The summed E-state index contributed by atoms with van der Waals surface area (Å²) in [4.78, 5) is 13.5. The van der Waals surface area contributed by atoms with Gasteiger partial charge in [-0.3, -0.25) is 4.79 Å². The van der Waals surface area contributed by atoms with Crippen LogP contribution in [0.4, 0.5) is 0 Å². The third-order valence-corrected chi connectivity index (χ3v) is 10.7. The third-order valence-electron chi connectivity index (χ3n) is 8.75. The maximum Gasteiger partial charge on any atom is 0.243 e. The fraction of sp³-hybridized carbons (Fsp3) is 0.536. The number of amides is 1. The van der Waals surface area contributed by atoms with Crippen molar-refractivity contribution in [3.63, 3.8) is 0 Å². The molecular weight excluding hydrogens is 444 g/mol. The van der Waals surface area contributed by atoms with Crippen molar-refractivity contribution in [3.8, 4) is 11.1 Å². The first-order chi connectivity index (χ1) is 16.4. The Balaban J connectivity index is 1.14. The molecule has 1 aliphatic heterocycles. The Labute approximate surface area is 203 Å². The van der Waals surface area contributed by atoms with Gasteiger partial charge in [0.05, 0.1) is 4.90 Å². The molecular formula is C28H34N2O3S. The summed E-state index contributed by atoms with van der Waals surface area (Å²) in [6, 6.07) is 16.8. The molecule has 6 heteroatoms. The first-order valence-electron chi connectivity index (χ1n) is 12.9. The zero-order valence-electron chi connectivity index (χ0n) is 19.7. The summed E-state index contributed by atoms with van der Waals surface area (Å²) in [5.74, 6) is 2.35. The molecule has 0 aromatic heterocycles. The minimum atomic E-state index is -3.63. The second-order valence-corrected chi connectivity index (χ2v) is 13.1. The van der Waals surface area contributed by atoms with Crippen LogP contribution in [0.5, 0.6) is 0 Å². The molecule has 0 spiro atoms. The number of nitrogens with zero attached hydrogens (tertiary/aromatic N) is 1. The lowest BCUT2D eigenvalue weighted by molar-refractivity contribution is -0.127. The molecule has 1 heterocycles. The minimum Gasteiger partial charge on any atom is -0.351 e. The molecule has 4 saturated carbocycles. The number of sulfonamides is 1. The highest BCUT2D eigenvalue weighted by Gasteiger charge is 2.51. The van der Waals surface area contributed by atoms with Crippen molar-refractivity contribution >= 4 is 15.9 Å². The summed E-state index contributed by atoms with van der Waals surface area (Å²) < 4.78 is 28.5. The van der Waals surface area contributed by atoms with E-state index in [1.165, 1.54) is 19.3 Å². The van der Waals surface area contributed by atoms with Gasteiger partial charge in [-0.2, -0.15) is 4.31 Å². The van der Waals surface area contributed by atoms with E-state index in [-0.39, 0.29) is 23.9 Å². The van der Waals surface area contributed by atoms with Gasteiger partial charge in [0, 0.05) is 24.5 Å². The number of hydrogen-bond donors (Lipinski definition) is 1. The molecule has 180 valence electrons. The van der Waals surface area contributed by atoms with E-state index in [0.717, 1.165) is 61.0 Å². The zero-order valence-corrected chi connectivity index (χ0v) is 20.5. The van der Waals surface area contributed by atoms with E-state index in [9.17, 15) is 13.2 Å². The minimum absolute atomic E-state index is 0.0264. The van der Waals surface area contributed by atoms with Crippen LogP contribution in [0, 0.1) is 17.8 Å². The lowest BCUT2D eigenvalue weighted by atomic mass is 9.53. The molecule has 1 amide bonds. The van der Waals surface area contributed by atoms with Crippen molar-refractivity contribution in [3.05, 3.63) is 54.6 Å². The highest BCUT2D eigenvalue weighted by atomic mass is 32.2. The molecule has 1 saturated heterocycles. The van der Waals surface area contributed by atoms with Crippen LogP contribution in [0.1, 0.15) is 57.8 Å². The van der Waals surface area contributed by atoms with Crippen molar-refractivity contribution in [1.29, 1.82) is 0 Å². The van der Waals surface area contributed by atoms with Gasteiger partial charge in [0.25, 0.3) is 0 Å². The van der Waals surface area contributed by atoms with Gasteiger partial charge in [0.1, 0.15) is 0 Å². The van der Waals surface area contributed by atoms with Gasteiger partial charge in [0.2, 0.25) is 15.9 Å². The normalized spacial score (nSPS) is 32.7. The molecule has 4 bridgehead atoms. The summed E-state index contributed by atoms with van der Waals surface area (Å²) >= 11 is 0. The molecule has 2 aromatic carbocycles. The van der Waals surface area contributed by atoms with E-state index >= 15 is 0 Å². The molecule has 5 nitrogen and oxygen atoms in total. The maximum absolute atomic E-state index is 13.5. The molecule has 5 aliphatic rings. The molecule has 0 radical (unpaired) electrons. The van der Waals surface area contributed by atoms with Gasteiger partial charge in [0.15, 0.2) is 0 Å². The molecule has 1 unspecified atom stereocenters. The molecule has 1 N–H and O–H groups in total. The Hall–Kier alpha value is -2.18. The molecule has 1 atom stereocenters. The predicted molar refractivity (Wildman–Crippen MR) is 132 cm³/mol. The fourth-order valence-electron chi connectivity index (χ4n) is 7.74. The average Bonchev–Trinajstić information content (AvgIpc) is 3.27. The number of carbonyl (C=O) groups is 1. The number of carbonyl (C=O) groups excluding carboxylic acids is 1. The molecule has 5 fully saturated rings. The summed E-state index contributed by atoms with van der Waals surface area (Å²) in [6.45, 7) is 0.484. The Bertz CT molecular complexity index is 1120. The maximum atomic E-state index is 13.5. The standard InChI is InChI=1S/C28H34N2O3S/c31-27(29-28-17-20-13-21(18-28)15-22(14-20)19-28)16-25-7-4-12-30(25)34(32,33)26-10-8-24(9-11-26)23-5-2-1-3-6-23/h1-3,5-6,8-11,20-22,25H,4,7,12-19H2,(H,29,31). The highest BCUT2D eigenvalue weighted by Crippen LogP contribution is 2.55. The summed E-state index contributed by atoms with van der Waals surface area (Å²) in [5, 5.41) is 3.43. The van der Waals surface area contributed by atoms with Crippen molar-refractivity contribution in [2.45, 2.75) is 74.3 Å². The van der Waals surface area contributed by atoms with E-state index < -0.39 is 10.0 Å². The van der Waals surface area contributed by atoms with Crippen LogP contribution in [0.15, 0.2) is 59.5 Å². The van der Waals surface area contributed by atoms with Crippen LogP contribution >= 0.6 is 0 Å². The Kier molecular flexibility index (Phi) is 5.57. The monoisotopic (exact) mass is 478 g/mol. The summed E-state index contributed by atoms with van der Waals surface area (Å²) in [6.07, 6.45) is 9.18. The molecule has 7 rings (SSSR count). The summed E-state index contributed by atoms with van der Waals surface area (Å²) in [7, 11) is -3.63. The SMILES string of the molecule is O=C(CC1CCCN1S(=O)(=O)c1ccc(-c2ccccc2)cc1)NC12CC3CC(CC(C3)C1)C2. The van der Waals surface area contributed by atoms with Crippen LogP contribution in [0.3, 0.4) is 0 Å². The lowest BCUT2D eigenvalue weighted by Gasteiger charge is -2.57. The average molecular weight is 479 g/mol. The van der Waals surface area contributed by atoms with E-state index in [1.807, 2.05) is 42.5 Å². The highest BCUT2D eigenvalue weighted by molar-refractivity contribution is 7.89. The van der Waals surface area contributed by atoms with Gasteiger partial charge in [-0.1, -0.05) is 42.5 Å². The second-order valence-electron chi connectivity index (χ2n) is 11.3. The second kappa shape index (κ2) is 8.49. The number of nitrogens with one attached hydrogen (secondary N) is 1. The number of rotatable bonds is 6. The number of hydrogen-bond acceptors (Lipinski definition) is 3. The van der Waals surface area contributed by atoms with Gasteiger partial charge in [-0.15, -0.1) is 0 Å². The quantitative estimate of drug-likeness (QED) is 0.637. The van der Waals surface area contributed by atoms with Crippen molar-refractivity contribution in [2.75, 3.05) is 6.54 Å². The van der Waals surface area contributed by atoms with Gasteiger partial charge in [-0.25, -0.2) is 8.42 Å². The third kappa shape index (κ3) is 4.09. The van der Waals surface area contributed by atoms with Gasteiger partial charge in [-0.05, 0) is 92.4 Å². The fourth-order valence-corrected chi connectivity index (χ4v) is 9.43. The van der Waals surface area contributed by atoms with Crippen LogP contribution in [0.2, 0.25) is 0 Å². The van der Waals surface area contributed by atoms with Crippen molar-refractivity contribution in [1.82, 2.24) is 9.62 Å². The molecule has 34 heavy (non-hydrogen) atoms.